The molecule has 0 heterocycles. The van der Waals surface area contributed by atoms with Crippen molar-refractivity contribution in [1.82, 2.24) is 0 Å². The van der Waals surface area contributed by atoms with Crippen LogP contribution in [0.4, 0.5) is 0 Å². The molecule has 0 saturated heterocycles. The first-order valence-corrected chi connectivity index (χ1v) is 5.57. The third kappa shape index (κ3) is 3.13. The van der Waals surface area contributed by atoms with E-state index < -0.39 is 0 Å². The van der Waals surface area contributed by atoms with E-state index in [2.05, 4.69) is 18.2 Å². The van der Waals surface area contributed by atoms with Crippen molar-refractivity contribution in [3.63, 3.8) is 0 Å². The lowest BCUT2D eigenvalue weighted by atomic mass is 10.0. The van der Waals surface area contributed by atoms with Gasteiger partial charge in [-0.2, -0.15) is 0 Å². The van der Waals surface area contributed by atoms with Crippen LogP contribution in [0.2, 0.25) is 0 Å². The van der Waals surface area contributed by atoms with E-state index in [0.29, 0.717) is 5.75 Å². The second-order valence-corrected chi connectivity index (χ2v) is 3.93. The number of phenolic OH excluding ortho intramolecular Hbond substituents is 1. The normalized spacial score (nSPS) is 10.2. The summed E-state index contributed by atoms with van der Waals surface area (Å²) < 4.78 is 0. The Morgan fingerprint density at radius 3 is 2.00 bits per heavy atom. The van der Waals surface area contributed by atoms with Crippen LogP contribution in [-0.2, 0) is 12.8 Å². The summed E-state index contributed by atoms with van der Waals surface area (Å²) >= 11 is 0. The Morgan fingerprint density at radius 2 is 1.38 bits per heavy atom. The van der Waals surface area contributed by atoms with Crippen LogP contribution in [0.25, 0.3) is 0 Å². The van der Waals surface area contributed by atoms with Gasteiger partial charge >= 0.3 is 0 Å². The average molecular weight is 211 g/mol. The Kier molecular flexibility index (Phi) is 3.60. The maximum atomic E-state index is 9.16. The molecule has 0 aliphatic rings. The summed E-state index contributed by atoms with van der Waals surface area (Å²) in [5.41, 5.74) is 2.64. The molecule has 0 saturated carbocycles. The minimum atomic E-state index is 0.336. The fourth-order valence-corrected chi connectivity index (χ4v) is 1.75. The fourth-order valence-electron chi connectivity index (χ4n) is 1.75. The summed E-state index contributed by atoms with van der Waals surface area (Å²) in [5, 5.41) is 9.16. The lowest BCUT2D eigenvalue weighted by molar-refractivity contribution is 0.475. The quantitative estimate of drug-likeness (QED) is 0.822. The van der Waals surface area contributed by atoms with Gasteiger partial charge in [-0.15, -0.1) is 0 Å². The molecule has 0 unspecified atom stereocenters. The maximum absolute atomic E-state index is 9.16. The summed E-state index contributed by atoms with van der Waals surface area (Å²) in [6, 6.07) is 18.6. The summed E-state index contributed by atoms with van der Waals surface area (Å²) in [6.07, 6.45) is 3.28. The van der Waals surface area contributed by atoms with E-state index >= 15 is 0 Å². The van der Waals surface area contributed by atoms with E-state index in [4.69, 9.17) is 5.11 Å². The third-order valence-corrected chi connectivity index (χ3v) is 2.65. The van der Waals surface area contributed by atoms with Gasteiger partial charge in [0.15, 0.2) is 0 Å². The highest BCUT2D eigenvalue weighted by molar-refractivity contribution is 5.26. The molecule has 1 radical (unpaired) electrons. The van der Waals surface area contributed by atoms with Gasteiger partial charge < -0.3 is 5.11 Å². The van der Waals surface area contributed by atoms with Gasteiger partial charge in [0.25, 0.3) is 0 Å². The molecule has 0 aliphatic heterocycles. The van der Waals surface area contributed by atoms with E-state index in [0.717, 1.165) is 19.3 Å². The Morgan fingerprint density at radius 1 is 0.812 bits per heavy atom. The van der Waals surface area contributed by atoms with Gasteiger partial charge in [0, 0.05) is 0 Å². The molecule has 0 spiro atoms. The molecule has 2 aromatic carbocycles. The first-order chi connectivity index (χ1) is 7.84. The molecule has 0 aliphatic carbocycles. The molecular weight excluding hydrogens is 196 g/mol. The first kappa shape index (κ1) is 10.7. The summed E-state index contributed by atoms with van der Waals surface area (Å²) in [4.78, 5) is 0. The number of hydrogen-bond acceptors (Lipinski definition) is 1. The number of aromatic hydroxyl groups is 1. The lowest BCUT2D eigenvalue weighted by Gasteiger charge is -2.02. The van der Waals surface area contributed by atoms with E-state index in [1.54, 1.807) is 12.1 Å². The standard InChI is InChI=1S/C15H15O/c16-15-11-9-14(10-12-15)8-4-7-13-5-2-1-3-6-13/h2-3,5-6,9-12,16H,4,7-8H2. The molecule has 16 heavy (non-hydrogen) atoms. The van der Waals surface area contributed by atoms with Crippen LogP contribution in [0.15, 0.2) is 48.5 Å². The zero-order chi connectivity index (χ0) is 11.2. The second-order valence-electron chi connectivity index (χ2n) is 3.93. The molecule has 1 heteroatoms. The molecule has 1 N–H and O–H groups in total. The highest BCUT2D eigenvalue weighted by Crippen LogP contribution is 2.12. The van der Waals surface area contributed by atoms with Crippen molar-refractivity contribution < 1.29 is 5.11 Å². The average Bonchev–Trinajstić information content (AvgIpc) is 2.33. The SMILES string of the molecule is Oc1ccc(CCCc2cc[c]cc2)cc1. The van der Waals surface area contributed by atoms with Crippen molar-refractivity contribution in [2.45, 2.75) is 19.3 Å². The Bertz CT molecular complexity index is 417. The summed E-state index contributed by atoms with van der Waals surface area (Å²) in [7, 11) is 0. The van der Waals surface area contributed by atoms with Gasteiger partial charge in [-0.25, -0.2) is 0 Å². The van der Waals surface area contributed by atoms with Gasteiger partial charge in [0.2, 0.25) is 0 Å². The van der Waals surface area contributed by atoms with Gasteiger partial charge in [-0.3, -0.25) is 0 Å². The van der Waals surface area contributed by atoms with Crippen LogP contribution in [0.5, 0.6) is 5.75 Å². The monoisotopic (exact) mass is 211 g/mol. The topological polar surface area (TPSA) is 20.2 Å². The zero-order valence-electron chi connectivity index (χ0n) is 9.19. The number of benzene rings is 2. The van der Waals surface area contributed by atoms with E-state index in [9.17, 15) is 0 Å². The summed E-state index contributed by atoms with van der Waals surface area (Å²) in [5.74, 6) is 0.336. The molecule has 0 atom stereocenters. The Hall–Kier alpha value is -1.76. The fraction of sp³-hybridized carbons (Fsp3) is 0.200. The van der Waals surface area contributed by atoms with Crippen molar-refractivity contribution in [2.24, 2.45) is 0 Å². The van der Waals surface area contributed by atoms with Crippen LogP contribution < -0.4 is 0 Å². The summed E-state index contributed by atoms with van der Waals surface area (Å²) in [6.45, 7) is 0. The molecule has 2 rings (SSSR count). The lowest BCUT2D eigenvalue weighted by Crippen LogP contribution is -1.89. The maximum Gasteiger partial charge on any atom is 0.115 e. The van der Waals surface area contributed by atoms with Crippen molar-refractivity contribution in [3.05, 3.63) is 65.7 Å². The second kappa shape index (κ2) is 5.36. The number of phenols is 1. The number of hydrogen-bond donors (Lipinski definition) is 1. The van der Waals surface area contributed by atoms with Crippen molar-refractivity contribution in [3.8, 4) is 5.75 Å². The highest BCUT2D eigenvalue weighted by atomic mass is 16.3. The molecule has 1 nitrogen and oxygen atoms in total. The van der Waals surface area contributed by atoms with Crippen LogP contribution in [-0.4, -0.2) is 5.11 Å². The first-order valence-electron chi connectivity index (χ1n) is 5.57. The van der Waals surface area contributed by atoms with Gasteiger partial charge in [-0.1, -0.05) is 36.4 Å². The predicted octanol–water partition coefficient (Wildman–Crippen LogP) is 3.37. The smallest absolute Gasteiger partial charge is 0.115 e. The predicted molar refractivity (Wildman–Crippen MR) is 65.4 cm³/mol. The van der Waals surface area contributed by atoms with Crippen molar-refractivity contribution in [1.29, 1.82) is 0 Å². The van der Waals surface area contributed by atoms with Crippen molar-refractivity contribution in [2.75, 3.05) is 0 Å². The van der Waals surface area contributed by atoms with Crippen LogP contribution >= 0.6 is 0 Å². The van der Waals surface area contributed by atoms with Gasteiger partial charge in [-0.05, 0) is 48.6 Å². The third-order valence-electron chi connectivity index (χ3n) is 2.65. The zero-order valence-corrected chi connectivity index (χ0v) is 9.19. The minimum absolute atomic E-state index is 0.336. The largest absolute Gasteiger partial charge is 0.508 e. The molecule has 0 aromatic heterocycles. The highest BCUT2D eigenvalue weighted by Gasteiger charge is 1.95. The van der Waals surface area contributed by atoms with Crippen LogP contribution in [0, 0.1) is 6.07 Å². The number of rotatable bonds is 4. The van der Waals surface area contributed by atoms with Crippen LogP contribution in [0.1, 0.15) is 17.5 Å². The number of aryl methyl sites for hydroxylation is 2. The van der Waals surface area contributed by atoms with E-state index in [1.165, 1.54) is 11.1 Å². The van der Waals surface area contributed by atoms with Crippen LogP contribution in [0.3, 0.4) is 0 Å². The van der Waals surface area contributed by atoms with Gasteiger partial charge in [0.05, 0.1) is 0 Å². The minimum Gasteiger partial charge on any atom is -0.508 e. The van der Waals surface area contributed by atoms with E-state index in [-0.39, 0.29) is 0 Å². The molecule has 0 amide bonds. The molecule has 81 valence electrons. The Labute approximate surface area is 96.4 Å². The Balaban J connectivity index is 1.82. The van der Waals surface area contributed by atoms with Gasteiger partial charge in [0.1, 0.15) is 5.75 Å². The van der Waals surface area contributed by atoms with Crippen molar-refractivity contribution >= 4 is 0 Å². The molecular formula is C15H15O. The molecule has 0 bridgehead atoms. The van der Waals surface area contributed by atoms with E-state index in [1.807, 2.05) is 24.3 Å². The molecule has 0 fully saturated rings. The molecule has 2 aromatic rings.